The van der Waals surface area contributed by atoms with E-state index in [1.54, 1.807) is 6.92 Å². The SMILES string of the molecule is CCS(=O)(=O)[C@@H]1[C@H](c2ccc(F)cc2)[C@@]1(C#N)COC. The van der Waals surface area contributed by atoms with Crippen LogP contribution < -0.4 is 0 Å². The molecule has 0 bridgehead atoms. The van der Waals surface area contributed by atoms with Crippen LogP contribution in [-0.2, 0) is 14.6 Å². The predicted octanol–water partition coefficient (Wildman–Crippen LogP) is 1.88. The van der Waals surface area contributed by atoms with Gasteiger partial charge in [-0.05, 0) is 17.7 Å². The first kappa shape index (κ1) is 14.9. The van der Waals surface area contributed by atoms with Crippen molar-refractivity contribution in [1.82, 2.24) is 0 Å². The molecular weight excluding hydrogens is 281 g/mol. The number of ether oxygens (including phenoxy) is 1. The number of methoxy groups -OCH3 is 1. The van der Waals surface area contributed by atoms with Crippen molar-refractivity contribution in [3.05, 3.63) is 35.6 Å². The molecule has 0 amide bonds. The van der Waals surface area contributed by atoms with Crippen LogP contribution in [0.2, 0.25) is 0 Å². The molecule has 0 heterocycles. The number of nitriles is 1. The van der Waals surface area contributed by atoms with Gasteiger partial charge in [-0.3, -0.25) is 0 Å². The zero-order valence-corrected chi connectivity index (χ0v) is 12.2. The lowest BCUT2D eigenvalue weighted by Crippen LogP contribution is -2.20. The number of rotatable bonds is 5. The molecule has 0 saturated heterocycles. The van der Waals surface area contributed by atoms with Gasteiger partial charge in [0.2, 0.25) is 0 Å². The largest absolute Gasteiger partial charge is 0.383 e. The van der Waals surface area contributed by atoms with Crippen molar-refractivity contribution in [2.75, 3.05) is 19.5 Å². The highest BCUT2D eigenvalue weighted by molar-refractivity contribution is 7.92. The van der Waals surface area contributed by atoms with Crippen LogP contribution in [0, 0.1) is 22.6 Å². The summed E-state index contributed by atoms with van der Waals surface area (Å²) in [5.41, 5.74) is -0.409. The summed E-state index contributed by atoms with van der Waals surface area (Å²) in [5.74, 6) is -0.876. The lowest BCUT2D eigenvalue weighted by molar-refractivity contribution is 0.162. The second-order valence-electron chi connectivity index (χ2n) is 4.99. The van der Waals surface area contributed by atoms with E-state index in [1.807, 2.05) is 0 Å². The van der Waals surface area contributed by atoms with Crippen LogP contribution in [0.15, 0.2) is 24.3 Å². The number of halogens is 1. The molecule has 0 aliphatic heterocycles. The summed E-state index contributed by atoms with van der Waals surface area (Å²) >= 11 is 0. The summed E-state index contributed by atoms with van der Waals surface area (Å²) in [6.07, 6.45) is 0. The molecule has 1 aliphatic carbocycles. The van der Waals surface area contributed by atoms with E-state index in [-0.39, 0.29) is 12.4 Å². The second-order valence-corrected chi connectivity index (χ2v) is 7.40. The van der Waals surface area contributed by atoms with E-state index in [0.717, 1.165) is 0 Å². The van der Waals surface area contributed by atoms with Crippen molar-refractivity contribution in [1.29, 1.82) is 5.26 Å². The third kappa shape index (κ3) is 2.21. The highest BCUT2D eigenvalue weighted by Crippen LogP contribution is 2.62. The average molecular weight is 297 g/mol. The fourth-order valence-corrected chi connectivity index (χ4v) is 4.83. The van der Waals surface area contributed by atoms with Gasteiger partial charge >= 0.3 is 0 Å². The van der Waals surface area contributed by atoms with Crippen molar-refractivity contribution in [3.63, 3.8) is 0 Å². The molecule has 0 spiro atoms. The molecule has 6 heteroatoms. The maximum absolute atomic E-state index is 13.0. The molecule has 108 valence electrons. The number of hydrogen-bond donors (Lipinski definition) is 0. The molecule has 4 nitrogen and oxygen atoms in total. The Morgan fingerprint density at radius 2 is 2.00 bits per heavy atom. The van der Waals surface area contributed by atoms with Crippen LogP contribution in [0.4, 0.5) is 4.39 Å². The summed E-state index contributed by atoms with van der Waals surface area (Å²) in [6, 6.07) is 7.73. The van der Waals surface area contributed by atoms with E-state index >= 15 is 0 Å². The summed E-state index contributed by atoms with van der Waals surface area (Å²) in [6.45, 7) is 1.61. The van der Waals surface area contributed by atoms with Crippen LogP contribution in [0.25, 0.3) is 0 Å². The number of benzene rings is 1. The minimum absolute atomic E-state index is 0.0253. The lowest BCUT2D eigenvalue weighted by Gasteiger charge is -2.07. The molecule has 0 aromatic heterocycles. The maximum Gasteiger partial charge on any atom is 0.155 e. The van der Waals surface area contributed by atoms with E-state index in [9.17, 15) is 18.1 Å². The predicted molar refractivity (Wildman–Crippen MR) is 72.3 cm³/mol. The van der Waals surface area contributed by atoms with Gasteiger partial charge in [-0.1, -0.05) is 19.1 Å². The van der Waals surface area contributed by atoms with E-state index in [4.69, 9.17) is 4.74 Å². The van der Waals surface area contributed by atoms with E-state index in [0.29, 0.717) is 5.56 Å². The Morgan fingerprint density at radius 1 is 1.40 bits per heavy atom. The first-order chi connectivity index (χ1) is 9.43. The first-order valence-corrected chi connectivity index (χ1v) is 8.01. The van der Waals surface area contributed by atoms with Gasteiger partial charge in [0.25, 0.3) is 0 Å². The van der Waals surface area contributed by atoms with Gasteiger partial charge in [0.15, 0.2) is 9.84 Å². The lowest BCUT2D eigenvalue weighted by atomic mass is 10.0. The number of sulfone groups is 1. The van der Waals surface area contributed by atoms with Crippen molar-refractivity contribution < 1.29 is 17.5 Å². The Morgan fingerprint density at radius 3 is 2.45 bits per heavy atom. The molecule has 1 aromatic carbocycles. The van der Waals surface area contributed by atoms with Crippen molar-refractivity contribution in [2.24, 2.45) is 5.41 Å². The van der Waals surface area contributed by atoms with Crippen LogP contribution in [0.5, 0.6) is 0 Å². The highest BCUT2D eigenvalue weighted by atomic mass is 32.2. The standard InChI is InChI=1S/C14H16FNO3S/c1-3-20(17,18)13-12(14(13,8-16)9-19-2)10-4-6-11(15)7-5-10/h4-7,12-13H,3,9H2,1-2H3/t12-,13+,14+/m0/s1. The van der Waals surface area contributed by atoms with Gasteiger partial charge in [0.05, 0.1) is 17.9 Å². The minimum atomic E-state index is -3.37. The quantitative estimate of drug-likeness (QED) is 0.832. The third-order valence-corrected chi connectivity index (χ3v) is 6.14. The van der Waals surface area contributed by atoms with Gasteiger partial charge in [0.1, 0.15) is 11.2 Å². The summed E-state index contributed by atoms with van der Waals surface area (Å²) in [7, 11) is -1.93. The van der Waals surface area contributed by atoms with E-state index in [2.05, 4.69) is 6.07 Å². The zero-order valence-electron chi connectivity index (χ0n) is 11.3. The summed E-state index contributed by atoms with van der Waals surface area (Å²) in [5, 5.41) is 8.65. The van der Waals surface area contributed by atoms with Gasteiger partial charge in [-0.15, -0.1) is 0 Å². The molecule has 0 unspecified atom stereocenters. The Balaban J connectivity index is 2.45. The molecule has 1 saturated carbocycles. The van der Waals surface area contributed by atoms with Gasteiger partial charge < -0.3 is 4.74 Å². The average Bonchev–Trinajstić information content (AvgIpc) is 3.10. The van der Waals surface area contributed by atoms with Crippen molar-refractivity contribution in [3.8, 4) is 6.07 Å². The molecule has 3 atom stereocenters. The van der Waals surface area contributed by atoms with E-state index < -0.39 is 32.2 Å². The molecule has 0 radical (unpaired) electrons. The van der Waals surface area contributed by atoms with Crippen LogP contribution in [-0.4, -0.2) is 33.1 Å². The maximum atomic E-state index is 13.0. The fourth-order valence-electron chi connectivity index (χ4n) is 2.83. The number of hydrogen-bond acceptors (Lipinski definition) is 4. The normalized spacial score (nSPS) is 28.9. The molecule has 20 heavy (non-hydrogen) atoms. The monoisotopic (exact) mass is 297 g/mol. The second kappa shape index (κ2) is 5.15. The third-order valence-electron chi connectivity index (χ3n) is 3.87. The Bertz CT molecular complexity index is 635. The van der Waals surface area contributed by atoms with Crippen LogP contribution in [0.3, 0.4) is 0 Å². The number of nitrogens with zero attached hydrogens (tertiary/aromatic N) is 1. The summed E-state index contributed by atoms with van der Waals surface area (Å²) in [4.78, 5) is 0. The Labute approximate surface area is 118 Å². The van der Waals surface area contributed by atoms with Gasteiger partial charge in [0, 0.05) is 18.8 Å². The summed E-state index contributed by atoms with van der Waals surface area (Å²) < 4.78 is 42.4. The fraction of sp³-hybridized carbons (Fsp3) is 0.500. The van der Waals surface area contributed by atoms with Gasteiger partial charge in [-0.2, -0.15) is 5.26 Å². The molecule has 1 fully saturated rings. The molecule has 0 N–H and O–H groups in total. The highest BCUT2D eigenvalue weighted by Gasteiger charge is 2.71. The van der Waals surface area contributed by atoms with Gasteiger partial charge in [-0.25, -0.2) is 12.8 Å². The van der Waals surface area contributed by atoms with Crippen LogP contribution >= 0.6 is 0 Å². The van der Waals surface area contributed by atoms with Crippen LogP contribution in [0.1, 0.15) is 18.4 Å². The molecule has 1 aromatic rings. The first-order valence-electron chi connectivity index (χ1n) is 6.30. The molecule has 1 aliphatic rings. The molecular formula is C14H16FNO3S. The Kier molecular flexibility index (Phi) is 3.85. The minimum Gasteiger partial charge on any atom is -0.383 e. The van der Waals surface area contributed by atoms with Crippen molar-refractivity contribution >= 4 is 9.84 Å². The topological polar surface area (TPSA) is 67.2 Å². The Hall–Kier alpha value is -1.45. The smallest absolute Gasteiger partial charge is 0.155 e. The van der Waals surface area contributed by atoms with Crippen molar-refractivity contribution in [2.45, 2.75) is 18.1 Å². The van der Waals surface area contributed by atoms with E-state index in [1.165, 1.54) is 31.4 Å². The zero-order chi connectivity index (χ0) is 15.0. The molecule has 2 rings (SSSR count).